The van der Waals surface area contributed by atoms with Crippen LogP contribution >= 0.6 is 11.6 Å². The van der Waals surface area contributed by atoms with Crippen LogP contribution in [0.15, 0.2) is 23.1 Å². The van der Waals surface area contributed by atoms with Crippen molar-refractivity contribution in [3.63, 3.8) is 0 Å². The SMILES string of the molecule is O=C(NCC12CC3CC(CC(C3)C1)C2)Nc1cc(S(=O)(=O)N2CCOCC2)ccc1Cl. The fourth-order valence-corrected chi connectivity index (χ4v) is 8.24. The zero-order valence-electron chi connectivity index (χ0n) is 17.6. The molecule has 1 heterocycles. The molecule has 0 atom stereocenters. The molecule has 170 valence electrons. The van der Waals surface area contributed by atoms with Gasteiger partial charge in [-0.1, -0.05) is 11.6 Å². The molecule has 2 amide bonds. The molecule has 1 aromatic rings. The van der Waals surface area contributed by atoms with Crippen LogP contribution in [-0.2, 0) is 14.8 Å². The van der Waals surface area contributed by atoms with Gasteiger partial charge in [-0.2, -0.15) is 4.31 Å². The monoisotopic (exact) mass is 467 g/mol. The van der Waals surface area contributed by atoms with Crippen LogP contribution in [0.3, 0.4) is 0 Å². The molecule has 7 nitrogen and oxygen atoms in total. The van der Waals surface area contributed by atoms with Gasteiger partial charge in [0.05, 0.1) is 28.8 Å². The van der Waals surface area contributed by atoms with E-state index in [1.54, 1.807) is 0 Å². The summed E-state index contributed by atoms with van der Waals surface area (Å²) < 4.78 is 32.5. The first kappa shape index (κ1) is 21.5. The van der Waals surface area contributed by atoms with Crippen LogP contribution in [-0.4, -0.2) is 51.6 Å². The summed E-state index contributed by atoms with van der Waals surface area (Å²) in [6, 6.07) is 4.10. The number of carbonyl (C=O) groups is 1. The van der Waals surface area contributed by atoms with Gasteiger partial charge in [0.15, 0.2) is 0 Å². The predicted octanol–water partition coefficient (Wildman–Crippen LogP) is 3.70. The van der Waals surface area contributed by atoms with Crippen LogP contribution in [0.4, 0.5) is 10.5 Å². The maximum Gasteiger partial charge on any atom is 0.319 e. The van der Waals surface area contributed by atoms with Crippen molar-refractivity contribution in [2.45, 2.75) is 43.4 Å². The van der Waals surface area contributed by atoms with Gasteiger partial charge in [0, 0.05) is 19.6 Å². The lowest BCUT2D eigenvalue weighted by Crippen LogP contribution is -2.51. The molecular formula is C22H30ClN3O4S. The maximum absolute atomic E-state index is 12.9. The highest BCUT2D eigenvalue weighted by Crippen LogP contribution is 2.59. The Morgan fingerprint density at radius 2 is 1.71 bits per heavy atom. The highest BCUT2D eigenvalue weighted by atomic mass is 35.5. The number of halogens is 1. The second-order valence-electron chi connectivity index (χ2n) is 9.88. The Morgan fingerprint density at radius 1 is 1.10 bits per heavy atom. The third-order valence-corrected chi connectivity index (χ3v) is 9.81. The minimum Gasteiger partial charge on any atom is -0.379 e. The Balaban J connectivity index is 1.24. The van der Waals surface area contributed by atoms with Crippen LogP contribution < -0.4 is 10.6 Å². The number of anilines is 1. The van der Waals surface area contributed by atoms with Gasteiger partial charge in [-0.25, -0.2) is 13.2 Å². The molecule has 1 aromatic carbocycles. The van der Waals surface area contributed by atoms with Crippen molar-refractivity contribution in [2.75, 3.05) is 38.2 Å². The van der Waals surface area contributed by atoms with Crippen LogP contribution in [0.1, 0.15) is 38.5 Å². The van der Waals surface area contributed by atoms with Gasteiger partial charge in [-0.05, 0) is 79.9 Å². The number of carbonyl (C=O) groups excluding carboxylic acids is 1. The number of sulfonamides is 1. The molecule has 0 radical (unpaired) electrons. The summed E-state index contributed by atoms with van der Waals surface area (Å²) in [6.45, 7) is 2.07. The van der Waals surface area contributed by atoms with E-state index in [4.69, 9.17) is 16.3 Å². The lowest BCUT2D eigenvalue weighted by atomic mass is 9.49. The summed E-state index contributed by atoms with van der Waals surface area (Å²) in [4.78, 5) is 12.8. The number of amides is 2. The number of urea groups is 1. The third kappa shape index (κ3) is 4.32. The standard InChI is InChI=1S/C22H30ClN3O4S/c23-19-2-1-18(31(28,29)26-3-5-30-6-4-26)10-20(19)25-21(27)24-14-22-11-15-7-16(12-22)9-17(8-15)13-22/h1-2,10,15-17H,3-9,11-14H2,(H2,24,25,27). The number of rotatable bonds is 5. The predicted molar refractivity (Wildman–Crippen MR) is 119 cm³/mol. The number of ether oxygens (including phenoxy) is 1. The fraction of sp³-hybridized carbons (Fsp3) is 0.682. The number of nitrogens with zero attached hydrogens (tertiary/aromatic N) is 1. The van der Waals surface area contributed by atoms with E-state index in [1.807, 2.05) is 0 Å². The molecular weight excluding hydrogens is 438 g/mol. The molecule has 1 aliphatic heterocycles. The van der Waals surface area contributed by atoms with Gasteiger partial charge in [-0.3, -0.25) is 0 Å². The first-order valence-electron chi connectivity index (χ1n) is 11.3. The van der Waals surface area contributed by atoms with E-state index in [0.29, 0.717) is 43.6 Å². The quantitative estimate of drug-likeness (QED) is 0.691. The van der Waals surface area contributed by atoms with Crippen LogP contribution in [0.5, 0.6) is 0 Å². The zero-order chi connectivity index (χ0) is 21.6. The molecule has 4 bridgehead atoms. The summed E-state index contributed by atoms with van der Waals surface area (Å²) in [6.07, 6.45) is 7.75. The van der Waals surface area contributed by atoms with Crippen LogP contribution in [0, 0.1) is 23.2 Å². The molecule has 0 aromatic heterocycles. The molecule has 2 N–H and O–H groups in total. The second kappa shape index (κ2) is 8.21. The number of benzene rings is 1. The molecule has 4 aliphatic carbocycles. The number of hydrogen-bond donors (Lipinski definition) is 2. The average Bonchev–Trinajstić information content (AvgIpc) is 2.73. The van der Waals surface area contributed by atoms with Crippen molar-refractivity contribution >= 4 is 33.3 Å². The number of hydrogen-bond acceptors (Lipinski definition) is 4. The normalized spacial score (nSPS) is 32.7. The molecule has 31 heavy (non-hydrogen) atoms. The molecule has 6 rings (SSSR count). The van der Waals surface area contributed by atoms with Gasteiger partial charge in [0.1, 0.15) is 0 Å². The topological polar surface area (TPSA) is 87.7 Å². The summed E-state index contributed by atoms with van der Waals surface area (Å²) in [5.41, 5.74) is 0.538. The summed E-state index contributed by atoms with van der Waals surface area (Å²) >= 11 is 6.26. The summed E-state index contributed by atoms with van der Waals surface area (Å²) in [5, 5.41) is 6.13. The van der Waals surface area contributed by atoms with Gasteiger partial charge < -0.3 is 15.4 Å². The van der Waals surface area contributed by atoms with E-state index in [9.17, 15) is 13.2 Å². The van der Waals surface area contributed by atoms with Crippen molar-refractivity contribution in [2.24, 2.45) is 23.2 Å². The van der Waals surface area contributed by atoms with E-state index in [1.165, 1.54) is 61.0 Å². The number of nitrogens with one attached hydrogen (secondary N) is 2. The lowest BCUT2D eigenvalue weighted by molar-refractivity contribution is -0.0496. The smallest absolute Gasteiger partial charge is 0.319 e. The van der Waals surface area contributed by atoms with Crippen LogP contribution in [0.25, 0.3) is 0 Å². The van der Waals surface area contributed by atoms with Crippen molar-refractivity contribution in [3.8, 4) is 0 Å². The Hall–Kier alpha value is -1.35. The van der Waals surface area contributed by atoms with Crippen LogP contribution in [0.2, 0.25) is 5.02 Å². The minimum absolute atomic E-state index is 0.121. The first-order chi connectivity index (χ1) is 14.8. The first-order valence-corrected chi connectivity index (χ1v) is 13.1. The minimum atomic E-state index is -3.66. The highest BCUT2D eigenvalue weighted by molar-refractivity contribution is 7.89. The van der Waals surface area contributed by atoms with E-state index < -0.39 is 10.0 Å². The third-order valence-electron chi connectivity index (χ3n) is 7.58. The highest BCUT2D eigenvalue weighted by Gasteiger charge is 2.50. The van der Waals surface area contributed by atoms with Gasteiger partial charge in [0.25, 0.3) is 0 Å². The molecule has 0 unspecified atom stereocenters. The van der Waals surface area contributed by atoms with Crippen molar-refractivity contribution in [3.05, 3.63) is 23.2 Å². The van der Waals surface area contributed by atoms with Gasteiger partial charge >= 0.3 is 6.03 Å². The van der Waals surface area contributed by atoms with Crippen molar-refractivity contribution in [1.82, 2.24) is 9.62 Å². The molecule has 5 aliphatic rings. The fourth-order valence-electron chi connectivity index (χ4n) is 6.64. The Bertz CT molecular complexity index is 926. The molecule has 0 spiro atoms. The van der Waals surface area contributed by atoms with Crippen molar-refractivity contribution in [1.29, 1.82) is 0 Å². The van der Waals surface area contributed by atoms with Crippen molar-refractivity contribution < 1.29 is 17.9 Å². The molecule has 1 saturated heterocycles. The van der Waals surface area contributed by atoms with E-state index in [2.05, 4.69) is 10.6 Å². The molecule has 4 saturated carbocycles. The largest absolute Gasteiger partial charge is 0.379 e. The van der Waals surface area contributed by atoms with Gasteiger partial charge in [0.2, 0.25) is 10.0 Å². The van der Waals surface area contributed by atoms with E-state index in [0.717, 1.165) is 17.8 Å². The average molecular weight is 468 g/mol. The van der Waals surface area contributed by atoms with E-state index >= 15 is 0 Å². The Labute approximate surface area is 188 Å². The Morgan fingerprint density at radius 3 is 2.32 bits per heavy atom. The molecule has 9 heteroatoms. The Kier molecular flexibility index (Phi) is 5.69. The van der Waals surface area contributed by atoms with E-state index in [-0.39, 0.29) is 16.3 Å². The number of morpholine rings is 1. The molecule has 5 fully saturated rings. The maximum atomic E-state index is 12.9. The van der Waals surface area contributed by atoms with Gasteiger partial charge in [-0.15, -0.1) is 0 Å². The zero-order valence-corrected chi connectivity index (χ0v) is 19.2. The summed E-state index contributed by atoms with van der Waals surface area (Å²) in [5.74, 6) is 2.48. The lowest BCUT2D eigenvalue weighted by Gasteiger charge is -2.56. The summed E-state index contributed by atoms with van der Waals surface area (Å²) in [7, 11) is -3.66. The second-order valence-corrected chi connectivity index (χ2v) is 12.2.